The lowest BCUT2D eigenvalue weighted by atomic mass is 10.1. The molecule has 0 spiro atoms. The Morgan fingerprint density at radius 3 is 3.11 bits per heavy atom. The molecule has 0 saturated carbocycles. The summed E-state index contributed by atoms with van der Waals surface area (Å²) in [6, 6.07) is 0. The molecule has 0 amide bonds. The van der Waals surface area contributed by atoms with E-state index in [1.165, 1.54) is 43.7 Å². The van der Waals surface area contributed by atoms with Gasteiger partial charge in [-0.25, -0.2) is 0 Å². The van der Waals surface area contributed by atoms with Gasteiger partial charge in [0.25, 0.3) is 0 Å². The monoisotopic (exact) mass is 266 g/mol. The summed E-state index contributed by atoms with van der Waals surface area (Å²) >= 11 is 2.12. The number of aromatic nitrogens is 3. The lowest BCUT2D eigenvalue weighted by molar-refractivity contribution is 0.494. The van der Waals surface area contributed by atoms with Crippen LogP contribution in [0.4, 0.5) is 0 Å². The SMILES string of the molecule is C1CCC(CNCc2nnc3n2CCCC3)SC1. The normalized spacial score (nSPS) is 23.9. The Labute approximate surface area is 113 Å². The smallest absolute Gasteiger partial charge is 0.147 e. The summed E-state index contributed by atoms with van der Waals surface area (Å²) < 4.78 is 2.31. The van der Waals surface area contributed by atoms with Crippen LogP contribution in [0.25, 0.3) is 0 Å². The number of thioether (sulfide) groups is 1. The van der Waals surface area contributed by atoms with Crippen molar-refractivity contribution >= 4 is 11.8 Å². The third kappa shape index (κ3) is 2.88. The Morgan fingerprint density at radius 2 is 2.22 bits per heavy atom. The van der Waals surface area contributed by atoms with Crippen LogP contribution in [0.15, 0.2) is 0 Å². The number of fused-ring (bicyclic) bond motifs is 1. The second kappa shape index (κ2) is 6.06. The van der Waals surface area contributed by atoms with E-state index in [9.17, 15) is 0 Å². The molecule has 1 N–H and O–H groups in total. The molecule has 1 aromatic heterocycles. The zero-order chi connectivity index (χ0) is 12.2. The van der Waals surface area contributed by atoms with Gasteiger partial charge in [-0.15, -0.1) is 10.2 Å². The largest absolute Gasteiger partial charge is 0.314 e. The highest BCUT2D eigenvalue weighted by molar-refractivity contribution is 7.99. The van der Waals surface area contributed by atoms with Gasteiger partial charge >= 0.3 is 0 Å². The number of hydrogen-bond donors (Lipinski definition) is 1. The molecule has 100 valence electrons. The minimum absolute atomic E-state index is 0.808. The fraction of sp³-hybridized carbons (Fsp3) is 0.846. The van der Waals surface area contributed by atoms with Crippen molar-refractivity contribution in [3.8, 4) is 0 Å². The van der Waals surface area contributed by atoms with E-state index in [1.807, 2.05) is 0 Å². The molecule has 1 fully saturated rings. The maximum absolute atomic E-state index is 4.32. The maximum Gasteiger partial charge on any atom is 0.147 e. The molecule has 5 heteroatoms. The zero-order valence-corrected chi connectivity index (χ0v) is 11.7. The summed E-state index contributed by atoms with van der Waals surface area (Å²) in [5, 5.41) is 13.0. The first kappa shape index (κ1) is 12.5. The Bertz CT molecular complexity index is 384. The average molecular weight is 266 g/mol. The van der Waals surface area contributed by atoms with Gasteiger partial charge in [0.2, 0.25) is 0 Å². The van der Waals surface area contributed by atoms with E-state index in [4.69, 9.17) is 0 Å². The number of hydrogen-bond acceptors (Lipinski definition) is 4. The van der Waals surface area contributed by atoms with Crippen molar-refractivity contribution in [1.29, 1.82) is 0 Å². The van der Waals surface area contributed by atoms with Crippen molar-refractivity contribution in [3.63, 3.8) is 0 Å². The molecule has 3 heterocycles. The Hall–Kier alpha value is -0.550. The Kier molecular flexibility index (Phi) is 4.20. The molecule has 2 aliphatic heterocycles. The Morgan fingerprint density at radius 1 is 1.22 bits per heavy atom. The molecule has 0 radical (unpaired) electrons. The van der Waals surface area contributed by atoms with Crippen LogP contribution >= 0.6 is 11.8 Å². The fourth-order valence-electron chi connectivity index (χ4n) is 2.81. The van der Waals surface area contributed by atoms with Crippen molar-refractivity contribution in [3.05, 3.63) is 11.6 Å². The first-order valence-corrected chi connectivity index (χ1v) is 8.21. The average Bonchev–Trinajstić information content (AvgIpc) is 2.84. The Balaban J connectivity index is 1.49. The molecule has 2 aliphatic rings. The fourth-order valence-corrected chi connectivity index (χ4v) is 4.09. The molecule has 0 aliphatic carbocycles. The lowest BCUT2D eigenvalue weighted by Crippen LogP contribution is -2.28. The van der Waals surface area contributed by atoms with Crippen LogP contribution in [-0.4, -0.2) is 32.3 Å². The minimum atomic E-state index is 0.808. The predicted octanol–water partition coefficient (Wildman–Crippen LogP) is 1.99. The van der Waals surface area contributed by atoms with Crippen molar-refractivity contribution < 1.29 is 0 Å². The van der Waals surface area contributed by atoms with Crippen LogP contribution in [0.2, 0.25) is 0 Å². The van der Waals surface area contributed by atoms with Gasteiger partial charge in [-0.05, 0) is 31.4 Å². The van der Waals surface area contributed by atoms with Crippen LogP contribution in [0.3, 0.4) is 0 Å². The summed E-state index contributed by atoms with van der Waals surface area (Å²) in [5.41, 5.74) is 0. The number of rotatable bonds is 4. The van der Waals surface area contributed by atoms with Crippen molar-refractivity contribution in [2.24, 2.45) is 0 Å². The molecule has 3 rings (SSSR count). The highest BCUT2D eigenvalue weighted by Gasteiger charge is 2.16. The summed E-state index contributed by atoms with van der Waals surface area (Å²) in [5.74, 6) is 3.66. The van der Waals surface area contributed by atoms with Gasteiger partial charge < -0.3 is 9.88 Å². The predicted molar refractivity (Wildman–Crippen MR) is 74.8 cm³/mol. The molecule has 4 nitrogen and oxygen atoms in total. The van der Waals surface area contributed by atoms with Gasteiger partial charge in [0, 0.05) is 24.8 Å². The van der Waals surface area contributed by atoms with Gasteiger partial charge in [-0.2, -0.15) is 11.8 Å². The summed E-state index contributed by atoms with van der Waals surface area (Å²) in [6.45, 7) is 3.11. The minimum Gasteiger partial charge on any atom is -0.314 e. The van der Waals surface area contributed by atoms with E-state index in [0.717, 1.165) is 37.1 Å². The van der Waals surface area contributed by atoms with Gasteiger partial charge in [-0.1, -0.05) is 6.42 Å². The molecule has 0 aromatic carbocycles. The summed E-state index contributed by atoms with van der Waals surface area (Å²) in [7, 11) is 0. The standard InChI is InChI=1S/C13H22N4S/c1-3-7-17-12(6-1)15-16-13(17)10-14-9-11-5-2-4-8-18-11/h11,14H,1-10H2. The van der Waals surface area contributed by atoms with Crippen LogP contribution < -0.4 is 5.32 Å². The third-order valence-corrected chi connectivity index (χ3v) is 5.26. The van der Waals surface area contributed by atoms with Crippen molar-refractivity contribution in [2.45, 2.75) is 56.9 Å². The van der Waals surface area contributed by atoms with Crippen LogP contribution in [0.1, 0.15) is 43.8 Å². The quantitative estimate of drug-likeness (QED) is 0.905. The van der Waals surface area contributed by atoms with Crippen molar-refractivity contribution in [2.75, 3.05) is 12.3 Å². The van der Waals surface area contributed by atoms with Crippen LogP contribution in [0.5, 0.6) is 0 Å². The first-order valence-electron chi connectivity index (χ1n) is 7.17. The van der Waals surface area contributed by atoms with E-state index in [2.05, 4.69) is 31.8 Å². The van der Waals surface area contributed by atoms with E-state index >= 15 is 0 Å². The van der Waals surface area contributed by atoms with E-state index in [0.29, 0.717) is 0 Å². The number of aryl methyl sites for hydroxylation is 1. The second-order valence-electron chi connectivity index (χ2n) is 5.26. The van der Waals surface area contributed by atoms with Gasteiger partial charge in [-0.3, -0.25) is 0 Å². The van der Waals surface area contributed by atoms with Crippen LogP contribution in [-0.2, 0) is 19.5 Å². The maximum atomic E-state index is 4.32. The van der Waals surface area contributed by atoms with Gasteiger partial charge in [0.1, 0.15) is 11.6 Å². The molecule has 0 bridgehead atoms. The highest BCUT2D eigenvalue weighted by Crippen LogP contribution is 2.24. The first-order chi connectivity index (χ1) is 8.93. The second-order valence-corrected chi connectivity index (χ2v) is 6.67. The zero-order valence-electron chi connectivity index (χ0n) is 10.9. The summed E-state index contributed by atoms with van der Waals surface area (Å²) in [4.78, 5) is 0. The molecular formula is C13H22N4S. The van der Waals surface area contributed by atoms with Crippen molar-refractivity contribution in [1.82, 2.24) is 20.1 Å². The lowest BCUT2D eigenvalue weighted by Gasteiger charge is -2.21. The summed E-state index contributed by atoms with van der Waals surface area (Å²) in [6.07, 6.45) is 7.82. The van der Waals surface area contributed by atoms with E-state index in [-0.39, 0.29) is 0 Å². The van der Waals surface area contributed by atoms with E-state index in [1.54, 1.807) is 0 Å². The molecule has 1 atom stereocenters. The van der Waals surface area contributed by atoms with Gasteiger partial charge in [0.15, 0.2) is 0 Å². The molecule has 1 aromatic rings. The van der Waals surface area contributed by atoms with Gasteiger partial charge in [0.05, 0.1) is 6.54 Å². The molecule has 1 unspecified atom stereocenters. The third-order valence-electron chi connectivity index (χ3n) is 3.87. The number of nitrogens with zero attached hydrogens (tertiary/aromatic N) is 3. The highest BCUT2D eigenvalue weighted by atomic mass is 32.2. The topological polar surface area (TPSA) is 42.7 Å². The molecule has 1 saturated heterocycles. The molecular weight excluding hydrogens is 244 g/mol. The number of nitrogens with one attached hydrogen (secondary N) is 1. The van der Waals surface area contributed by atoms with Crippen LogP contribution in [0, 0.1) is 0 Å². The molecule has 18 heavy (non-hydrogen) atoms. The van der Waals surface area contributed by atoms with E-state index < -0.39 is 0 Å².